The zero-order chi connectivity index (χ0) is 29.5. The first kappa shape index (κ1) is 33.0. The van der Waals surface area contributed by atoms with Gasteiger partial charge in [-0.2, -0.15) is 34.8 Å². The van der Waals surface area contributed by atoms with Crippen LogP contribution in [-0.2, 0) is 24.9 Å². The lowest BCUT2D eigenvalue weighted by Crippen LogP contribution is -2.54. The summed E-state index contributed by atoms with van der Waals surface area (Å²) in [7, 11) is -4.33. The van der Waals surface area contributed by atoms with Crippen LogP contribution in [-0.4, -0.2) is 55.3 Å². The standard InChI is InChI=1S/C23H26F6O8S2/c1-15-5-7-17(13-19(15)34-9-3-11-38-37-36-30)21(22(24,25)26,23(27,28)29)18-8-6-16(2)20(14-18)35-10-4-12-39(31,32)33/h5-8,13-14,30H,3-4,9-12H2,1-2H3,(H,31,32,33). The Morgan fingerprint density at radius 1 is 0.821 bits per heavy atom. The van der Waals surface area contributed by atoms with Crippen molar-refractivity contribution < 1.29 is 63.4 Å². The third-order valence-electron chi connectivity index (χ3n) is 5.61. The van der Waals surface area contributed by atoms with Gasteiger partial charge in [-0.3, -0.25) is 4.55 Å². The molecule has 16 heteroatoms. The molecule has 0 aromatic heterocycles. The van der Waals surface area contributed by atoms with Crippen molar-refractivity contribution in [3.05, 3.63) is 58.7 Å². The van der Waals surface area contributed by atoms with E-state index in [1.165, 1.54) is 13.8 Å². The van der Waals surface area contributed by atoms with Gasteiger partial charge in [0.05, 0.1) is 19.0 Å². The lowest BCUT2D eigenvalue weighted by atomic mass is 9.72. The molecule has 2 rings (SSSR count). The van der Waals surface area contributed by atoms with E-state index in [4.69, 9.17) is 19.3 Å². The Kier molecular flexibility index (Phi) is 11.3. The highest BCUT2D eigenvalue weighted by molar-refractivity contribution is 7.94. The molecule has 0 saturated heterocycles. The Labute approximate surface area is 225 Å². The van der Waals surface area contributed by atoms with E-state index in [0.717, 1.165) is 18.2 Å². The minimum atomic E-state index is -5.85. The third kappa shape index (κ3) is 8.38. The summed E-state index contributed by atoms with van der Waals surface area (Å²) in [6.07, 6.45) is -11.7. The molecule has 0 saturated carbocycles. The summed E-state index contributed by atoms with van der Waals surface area (Å²) in [5.74, 6) is -0.960. The molecule has 0 aliphatic heterocycles. The maximum absolute atomic E-state index is 14.6. The van der Waals surface area contributed by atoms with Gasteiger partial charge in [0, 0.05) is 17.8 Å². The highest BCUT2D eigenvalue weighted by Crippen LogP contribution is 2.57. The topological polar surface area (TPSA) is 112 Å². The molecule has 2 aromatic rings. The van der Waals surface area contributed by atoms with Crippen LogP contribution in [0, 0.1) is 13.8 Å². The molecule has 8 nitrogen and oxygen atoms in total. The smallest absolute Gasteiger partial charge is 0.411 e. The molecule has 0 unspecified atom stereocenters. The second-order valence-electron chi connectivity index (χ2n) is 8.36. The highest BCUT2D eigenvalue weighted by Gasteiger charge is 2.72. The number of aryl methyl sites for hydroxylation is 2. The van der Waals surface area contributed by atoms with E-state index in [1.54, 1.807) is 0 Å². The Balaban J connectivity index is 2.54. The molecular weight excluding hydrogens is 582 g/mol. The maximum atomic E-state index is 14.6. The molecule has 0 radical (unpaired) electrons. The third-order valence-corrected chi connectivity index (χ3v) is 7.02. The Morgan fingerprint density at radius 3 is 1.69 bits per heavy atom. The second-order valence-corrected chi connectivity index (χ2v) is 10.7. The van der Waals surface area contributed by atoms with Crippen molar-refractivity contribution in [1.82, 2.24) is 0 Å². The zero-order valence-corrected chi connectivity index (χ0v) is 22.3. The van der Waals surface area contributed by atoms with Crippen molar-refractivity contribution in [2.24, 2.45) is 0 Å². The van der Waals surface area contributed by atoms with Gasteiger partial charge in [-0.15, -0.1) is 4.33 Å². The Bertz CT molecular complexity index is 1190. The van der Waals surface area contributed by atoms with Crippen LogP contribution in [0.2, 0.25) is 0 Å². The highest BCUT2D eigenvalue weighted by atomic mass is 32.2. The van der Waals surface area contributed by atoms with Crippen molar-refractivity contribution in [3.63, 3.8) is 0 Å². The monoisotopic (exact) mass is 608 g/mol. The second kappa shape index (κ2) is 13.4. The largest absolute Gasteiger partial charge is 0.493 e. The molecule has 2 aromatic carbocycles. The van der Waals surface area contributed by atoms with Crippen molar-refractivity contribution in [2.45, 2.75) is 44.5 Å². The molecule has 0 spiro atoms. The van der Waals surface area contributed by atoms with Crippen molar-refractivity contribution in [1.29, 1.82) is 0 Å². The maximum Gasteiger partial charge on any atom is 0.411 e. The summed E-state index contributed by atoms with van der Waals surface area (Å²) >= 11 is 0.711. The molecular formula is C23H26F6O8S2. The Morgan fingerprint density at radius 2 is 1.28 bits per heavy atom. The molecule has 220 valence electrons. The summed E-state index contributed by atoms with van der Waals surface area (Å²) in [4.78, 5) is 0. The molecule has 0 amide bonds. The van der Waals surface area contributed by atoms with E-state index in [9.17, 15) is 34.8 Å². The van der Waals surface area contributed by atoms with Crippen LogP contribution in [0.4, 0.5) is 26.3 Å². The van der Waals surface area contributed by atoms with E-state index >= 15 is 0 Å². The van der Waals surface area contributed by atoms with Gasteiger partial charge >= 0.3 is 12.4 Å². The van der Waals surface area contributed by atoms with Crippen LogP contribution in [0.5, 0.6) is 11.5 Å². The van der Waals surface area contributed by atoms with Gasteiger partial charge in [0.25, 0.3) is 10.1 Å². The fraction of sp³-hybridized carbons (Fsp3) is 0.478. The number of ether oxygens (including phenoxy) is 2. The van der Waals surface area contributed by atoms with Gasteiger partial charge in [-0.05, 0) is 61.1 Å². The van der Waals surface area contributed by atoms with Gasteiger partial charge in [-0.1, -0.05) is 29.3 Å². The van der Waals surface area contributed by atoms with Crippen LogP contribution in [0.1, 0.15) is 35.1 Å². The minimum Gasteiger partial charge on any atom is -0.493 e. The van der Waals surface area contributed by atoms with E-state index in [0.29, 0.717) is 35.8 Å². The molecule has 0 aliphatic carbocycles. The lowest BCUT2D eigenvalue weighted by molar-refractivity contribution is -0.432. The Hall–Kier alpha value is -2.24. The molecule has 2 N–H and O–H groups in total. The number of hydrogen-bond donors (Lipinski definition) is 2. The minimum absolute atomic E-state index is 0.0802. The van der Waals surface area contributed by atoms with Crippen LogP contribution in [0.25, 0.3) is 0 Å². The first-order chi connectivity index (χ1) is 18.0. The van der Waals surface area contributed by atoms with Crippen LogP contribution in [0.15, 0.2) is 36.4 Å². The van der Waals surface area contributed by atoms with Gasteiger partial charge < -0.3 is 9.47 Å². The number of halogens is 6. The van der Waals surface area contributed by atoms with Crippen LogP contribution in [0.3, 0.4) is 0 Å². The zero-order valence-electron chi connectivity index (χ0n) is 20.6. The number of hydrogen-bond acceptors (Lipinski definition) is 8. The van der Waals surface area contributed by atoms with E-state index in [-0.39, 0.29) is 48.9 Å². The average molecular weight is 609 g/mol. The summed E-state index contributed by atoms with van der Waals surface area (Å²) in [5, 5.41) is 11.5. The van der Waals surface area contributed by atoms with E-state index < -0.39 is 44.8 Å². The lowest BCUT2D eigenvalue weighted by Gasteiger charge is -2.38. The average Bonchev–Trinajstić information content (AvgIpc) is 2.80. The fourth-order valence-electron chi connectivity index (χ4n) is 3.74. The van der Waals surface area contributed by atoms with Crippen molar-refractivity contribution >= 4 is 22.2 Å². The summed E-state index contributed by atoms with van der Waals surface area (Å²) in [6.45, 7) is 2.40. The number of rotatable bonds is 14. The predicted molar refractivity (Wildman–Crippen MR) is 129 cm³/mol. The summed E-state index contributed by atoms with van der Waals surface area (Å²) in [6, 6.07) is 4.91. The summed E-state index contributed by atoms with van der Waals surface area (Å²) < 4.78 is 133. The first-order valence-electron chi connectivity index (χ1n) is 11.2. The van der Waals surface area contributed by atoms with Gasteiger partial charge in [0.15, 0.2) is 0 Å². The SMILES string of the molecule is Cc1ccc(C(c2ccc(C)c(OCCCS(=O)(=O)O)c2)(C(F)(F)F)C(F)(F)F)cc1OCCCSOOO. The quantitative estimate of drug-likeness (QED) is 0.0646. The molecule has 0 atom stereocenters. The van der Waals surface area contributed by atoms with Gasteiger partial charge in [0.1, 0.15) is 11.5 Å². The number of alkyl halides is 6. The molecule has 0 bridgehead atoms. The molecule has 0 fully saturated rings. The fourth-order valence-corrected chi connectivity index (χ4v) is 4.57. The van der Waals surface area contributed by atoms with Gasteiger partial charge in [-0.25, -0.2) is 5.26 Å². The molecule has 0 heterocycles. The number of benzene rings is 2. The van der Waals surface area contributed by atoms with Crippen LogP contribution < -0.4 is 9.47 Å². The molecule has 0 aliphatic rings. The normalized spacial score (nSPS) is 13.0. The van der Waals surface area contributed by atoms with Gasteiger partial charge in [0.2, 0.25) is 5.41 Å². The van der Waals surface area contributed by atoms with Crippen LogP contribution >= 0.6 is 12.0 Å². The van der Waals surface area contributed by atoms with Crippen molar-refractivity contribution in [2.75, 3.05) is 24.7 Å². The summed E-state index contributed by atoms with van der Waals surface area (Å²) in [5.41, 5.74) is -6.24. The van der Waals surface area contributed by atoms with Crippen molar-refractivity contribution in [3.8, 4) is 11.5 Å². The first-order valence-corrected chi connectivity index (χ1v) is 13.7. The predicted octanol–water partition coefficient (Wildman–Crippen LogP) is 6.21. The van der Waals surface area contributed by atoms with E-state index in [1.807, 2.05) is 0 Å². The molecule has 39 heavy (non-hydrogen) atoms. The van der Waals surface area contributed by atoms with E-state index in [2.05, 4.69) is 9.37 Å².